The van der Waals surface area contributed by atoms with Gasteiger partial charge in [-0.25, -0.2) is 9.59 Å². The van der Waals surface area contributed by atoms with E-state index >= 15 is 0 Å². The van der Waals surface area contributed by atoms with Gasteiger partial charge in [-0.3, -0.25) is 0 Å². The van der Waals surface area contributed by atoms with Gasteiger partial charge in [0.25, 0.3) is 0 Å². The molecule has 3 aromatic carbocycles. The summed E-state index contributed by atoms with van der Waals surface area (Å²) >= 11 is 0. The minimum atomic E-state index is -0.984. The van der Waals surface area contributed by atoms with E-state index in [9.17, 15) is 14.7 Å². The van der Waals surface area contributed by atoms with Crippen LogP contribution in [0.3, 0.4) is 0 Å². The highest BCUT2D eigenvalue weighted by Gasteiger charge is 2.37. The van der Waals surface area contributed by atoms with Crippen molar-refractivity contribution in [2.45, 2.75) is 51.4 Å². The molecule has 4 rings (SSSR count). The molecule has 0 bridgehead atoms. The van der Waals surface area contributed by atoms with Gasteiger partial charge in [0.2, 0.25) is 0 Å². The van der Waals surface area contributed by atoms with Crippen molar-refractivity contribution in [2.24, 2.45) is 0 Å². The number of aromatic carboxylic acids is 2. The molecule has 0 spiro atoms. The molecule has 3 aromatic rings. The third-order valence-electron chi connectivity index (χ3n) is 6.62. The SMILES string of the molecule is CC1(C)CCC(C)(C)c2cc3c(C(=O)O)cc(-c4ccc(C(=O)O)cc4)cc3cc21. The molecule has 0 amide bonds. The van der Waals surface area contributed by atoms with Gasteiger partial charge in [-0.1, -0.05) is 45.9 Å². The van der Waals surface area contributed by atoms with Gasteiger partial charge in [0.15, 0.2) is 0 Å². The number of carbonyl (C=O) groups is 2. The monoisotopic (exact) mass is 402 g/mol. The number of benzene rings is 3. The molecule has 4 nitrogen and oxygen atoms in total. The summed E-state index contributed by atoms with van der Waals surface area (Å²) in [6.45, 7) is 8.95. The summed E-state index contributed by atoms with van der Waals surface area (Å²) in [7, 11) is 0. The summed E-state index contributed by atoms with van der Waals surface area (Å²) in [4.78, 5) is 23.3. The van der Waals surface area contributed by atoms with Gasteiger partial charge in [-0.2, -0.15) is 0 Å². The van der Waals surface area contributed by atoms with Crippen LogP contribution in [0, 0.1) is 0 Å². The molecule has 154 valence electrons. The van der Waals surface area contributed by atoms with Crippen LogP contribution in [-0.4, -0.2) is 22.2 Å². The molecule has 0 heterocycles. The highest BCUT2D eigenvalue weighted by Crippen LogP contribution is 2.47. The van der Waals surface area contributed by atoms with Crippen LogP contribution in [0.4, 0.5) is 0 Å². The van der Waals surface area contributed by atoms with Crippen molar-refractivity contribution in [1.82, 2.24) is 0 Å². The van der Waals surface area contributed by atoms with E-state index in [-0.39, 0.29) is 22.0 Å². The Labute approximate surface area is 176 Å². The zero-order valence-corrected chi connectivity index (χ0v) is 17.7. The molecule has 0 fully saturated rings. The largest absolute Gasteiger partial charge is 0.478 e. The first kappa shape index (κ1) is 20.1. The molecule has 0 atom stereocenters. The maximum Gasteiger partial charge on any atom is 0.336 e. The van der Waals surface area contributed by atoms with E-state index in [4.69, 9.17) is 5.11 Å². The van der Waals surface area contributed by atoms with Gasteiger partial charge in [0.1, 0.15) is 0 Å². The fraction of sp³-hybridized carbons (Fsp3) is 0.308. The summed E-state index contributed by atoms with van der Waals surface area (Å²) in [6, 6.07) is 14.5. The third-order valence-corrected chi connectivity index (χ3v) is 6.62. The highest BCUT2D eigenvalue weighted by molar-refractivity contribution is 6.06. The third kappa shape index (κ3) is 3.26. The van der Waals surface area contributed by atoms with Gasteiger partial charge in [-0.05, 0) is 87.0 Å². The molecule has 0 saturated heterocycles. The van der Waals surface area contributed by atoms with Crippen LogP contribution in [0.1, 0.15) is 72.4 Å². The van der Waals surface area contributed by atoms with Crippen molar-refractivity contribution < 1.29 is 19.8 Å². The predicted molar refractivity (Wildman–Crippen MR) is 119 cm³/mol. The van der Waals surface area contributed by atoms with Crippen LogP contribution in [0.15, 0.2) is 48.5 Å². The van der Waals surface area contributed by atoms with Crippen LogP contribution in [0.5, 0.6) is 0 Å². The number of rotatable bonds is 3. The molecule has 0 unspecified atom stereocenters. The molecule has 0 saturated carbocycles. The van der Waals surface area contributed by atoms with E-state index < -0.39 is 11.9 Å². The number of carboxylic acid groups (broad SMARTS) is 2. The van der Waals surface area contributed by atoms with Gasteiger partial charge in [0.05, 0.1) is 11.1 Å². The summed E-state index contributed by atoms with van der Waals surface area (Å²) in [5.41, 5.74) is 4.57. The first-order valence-corrected chi connectivity index (χ1v) is 10.2. The van der Waals surface area contributed by atoms with Crippen molar-refractivity contribution in [2.75, 3.05) is 0 Å². The number of hydrogen-bond donors (Lipinski definition) is 2. The second kappa shape index (κ2) is 6.69. The molecule has 1 aliphatic carbocycles. The van der Waals surface area contributed by atoms with E-state index in [1.54, 1.807) is 30.3 Å². The smallest absolute Gasteiger partial charge is 0.336 e. The Morgan fingerprint density at radius 3 is 1.83 bits per heavy atom. The van der Waals surface area contributed by atoms with E-state index in [0.717, 1.165) is 34.7 Å². The minimum absolute atomic E-state index is 0.000150. The normalized spacial score (nSPS) is 16.8. The molecule has 1 aliphatic rings. The second-order valence-electron chi connectivity index (χ2n) is 9.60. The Hall–Kier alpha value is -3.14. The van der Waals surface area contributed by atoms with Gasteiger partial charge < -0.3 is 10.2 Å². The van der Waals surface area contributed by atoms with E-state index in [2.05, 4.69) is 39.8 Å². The summed E-state index contributed by atoms with van der Waals surface area (Å²) in [6.07, 6.45) is 2.15. The Kier molecular flexibility index (Phi) is 4.50. The lowest BCUT2D eigenvalue weighted by Gasteiger charge is -2.42. The maximum absolute atomic E-state index is 12.1. The Morgan fingerprint density at radius 2 is 1.30 bits per heavy atom. The van der Waals surface area contributed by atoms with Crippen LogP contribution >= 0.6 is 0 Å². The standard InChI is InChI=1S/C26H26O4/c1-25(2)9-10-26(3,4)22-14-19-18(13-21(22)25)11-17(12-20(19)24(29)30)15-5-7-16(8-6-15)23(27)28/h5-8,11-14H,9-10H2,1-4H3,(H,27,28)(H,29,30). The maximum atomic E-state index is 12.1. The molecule has 0 radical (unpaired) electrons. The molecule has 0 aromatic heterocycles. The fourth-order valence-corrected chi connectivity index (χ4v) is 4.57. The highest BCUT2D eigenvalue weighted by atomic mass is 16.4. The molecular weight excluding hydrogens is 376 g/mol. The van der Waals surface area contributed by atoms with Gasteiger partial charge in [0, 0.05) is 0 Å². The quantitative estimate of drug-likeness (QED) is 0.543. The number of fused-ring (bicyclic) bond motifs is 2. The Morgan fingerprint density at radius 1 is 0.733 bits per heavy atom. The van der Waals surface area contributed by atoms with Crippen molar-refractivity contribution in [1.29, 1.82) is 0 Å². The molecule has 4 heteroatoms. The lowest BCUT2D eigenvalue weighted by Crippen LogP contribution is -2.33. The number of carboxylic acids is 2. The minimum Gasteiger partial charge on any atom is -0.478 e. The van der Waals surface area contributed by atoms with E-state index in [1.807, 2.05) is 6.07 Å². The summed E-state index contributed by atoms with van der Waals surface area (Å²) in [5, 5.41) is 20.7. The predicted octanol–water partition coefficient (Wildman–Crippen LogP) is 6.25. The molecule has 30 heavy (non-hydrogen) atoms. The fourth-order valence-electron chi connectivity index (χ4n) is 4.57. The lowest BCUT2D eigenvalue weighted by molar-refractivity contribution is 0.0687. The Bertz CT molecular complexity index is 1180. The molecule has 0 aliphatic heterocycles. The lowest BCUT2D eigenvalue weighted by atomic mass is 9.62. The van der Waals surface area contributed by atoms with Crippen molar-refractivity contribution in [3.05, 3.63) is 70.8 Å². The second-order valence-corrected chi connectivity index (χ2v) is 9.60. The average Bonchev–Trinajstić information content (AvgIpc) is 2.69. The van der Waals surface area contributed by atoms with Crippen molar-refractivity contribution >= 4 is 22.7 Å². The van der Waals surface area contributed by atoms with Crippen LogP contribution < -0.4 is 0 Å². The van der Waals surface area contributed by atoms with Crippen LogP contribution in [0.2, 0.25) is 0 Å². The van der Waals surface area contributed by atoms with E-state index in [1.165, 1.54) is 11.1 Å². The topological polar surface area (TPSA) is 74.6 Å². The van der Waals surface area contributed by atoms with Crippen molar-refractivity contribution in [3.63, 3.8) is 0 Å². The zero-order chi connectivity index (χ0) is 21.8. The molecular formula is C26H26O4. The van der Waals surface area contributed by atoms with Gasteiger partial charge in [-0.15, -0.1) is 0 Å². The van der Waals surface area contributed by atoms with Crippen LogP contribution in [0.25, 0.3) is 21.9 Å². The summed E-state index contributed by atoms with van der Waals surface area (Å²) < 4.78 is 0. The van der Waals surface area contributed by atoms with Crippen LogP contribution in [-0.2, 0) is 10.8 Å². The number of hydrogen-bond acceptors (Lipinski definition) is 2. The van der Waals surface area contributed by atoms with E-state index in [0.29, 0.717) is 0 Å². The average molecular weight is 402 g/mol. The van der Waals surface area contributed by atoms with Gasteiger partial charge >= 0.3 is 11.9 Å². The summed E-state index contributed by atoms with van der Waals surface area (Å²) in [5.74, 6) is -1.94. The first-order chi connectivity index (χ1) is 14.0. The first-order valence-electron chi connectivity index (χ1n) is 10.2. The zero-order valence-electron chi connectivity index (χ0n) is 17.7. The molecule has 2 N–H and O–H groups in total. The van der Waals surface area contributed by atoms with Crippen molar-refractivity contribution in [3.8, 4) is 11.1 Å². The Balaban J connectivity index is 1.98.